The quantitative estimate of drug-likeness (QED) is 0.791. The van der Waals surface area contributed by atoms with Crippen LogP contribution in [0, 0.1) is 6.92 Å². The minimum atomic E-state index is -3.53. The van der Waals surface area contributed by atoms with E-state index in [0.717, 1.165) is 9.87 Å². The highest BCUT2D eigenvalue weighted by Crippen LogP contribution is 2.37. The molecule has 1 aromatic rings. The fourth-order valence-electron chi connectivity index (χ4n) is 1.45. The summed E-state index contributed by atoms with van der Waals surface area (Å²) in [6.45, 7) is 5.05. The summed E-state index contributed by atoms with van der Waals surface area (Å²) in [4.78, 5) is 0.235. The summed E-state index contributed by atoms with van der Waals surface area (Å²) in [5.74, 6) is 0. The highest BCUT2D eigenvalue weighted by molar-refractivity contribution is 7.89. The smallest absolute Gasteiger partial charge is 0.243 e. The lowest BCUT2D eigenvalue weighted by Crippen LogP contribution is -2.27. The molecule has 0 aliphatic heterocycles. The molecule has 0 N–H and O–H groups in total. The minimum absolute atomic E-state index is 0.0587. The Morgan fingerprint density at radius 2 is 1.65 bits per heavy atom. The van der Waals surface area contributed by atoms with E-state index in [-0.39, 0.29) is 11.2 Å². The van der Waals surface area contributed by atoms with Gasteiger partial charge in [0.25, 0.3) is 0 Å². The second-order valence-corrected chi connectivity index (χ2v) is 10.1. The Balaban J connectivity index is 3.03. The average Bonchev–Trinajstić information content (AvgIpc) is 2.15. The first kappa shape index (κ1) is 14.4. The van der Waals surface area contributed by atoms with Gasteiger partial charge in [0.1, 0.15) is 0 Å². The maximum absolute atomic E-state index is 12.1. The highest BCUT2D eigenvalue weighted by Gasteiger charge is 2.24. The van der Waals surface area contributed by atoms with E-state index in [0.29, 0.717) is 0 Å². The number of nitrogens with zero attached hydrogens (tertiary/aromatic N) is 1. The third kappa shape index (κ3) is 3.95. The first-order chi connectivity index (χ1) is 7.63. The summed E-state index contributed by atoms with van der Waals surface area (Å²) in [6.07, 6.45) is 0.0587. The van der Waals surface area contributed by atoms with Crippen LogP contribution in [0.5, 0.6) is 0 Å². The maximum Gasteiger partial charge on any atom is 0.243 e. The molecule has 0 unspecified atom stereocenters. The second kappa shape index (κ2) is 4.92. The van der Waals surface area contributed by atoms with Crippen LogP contribution in [0.2, 0.25) is 0 Å². The van der Waals surface area contributed by atoms with Crippen LogP contribution >= 0.6 is 7.14 Å². The predicted molar refractivity (Wildman–Crippen MR) is 70.4 cm³/mol. The number of benzene rings is 1. The van der Waals surface area contributed by atoms with Crippen LogP contribution in [-0.4, -0.2) is 39.4 Å². The Morgan fingerprint density at radius 1 is 1.18 bits per heavy atom. The van der Waals surface area contributed by atoms with Gasteiger partial charge in [0.15, 0.2) is 0 Å². The van der Waals surface area contributed by atoms with Crippen LogP contribution in [0.3, 0.4) is 0 Å². The Morgan fingerprint density at radius 3 is 2.06 bits per heavy atom. The van der Waals surface area contributed by atoms with E-state index < -0.39 is 17.2 Å². The molecule has 0 bridgehead atoms. The van der Waals surface area contributed by atoms with Crippen LogP contribution in [0.4, 0.5) is 0 Å². The summed E-state index contributed by atoms with van der Waals surface area (Å²) in [6, 6.07) is 6.63. The number of rotatable bonds is 4. The summed E-state index contributed by atoms with van der Waals surface area (Å²) in [7, 11) is -4.48. The van der Waals surface area contributed by atoms with Crippen molar-refractivity contribution in [3.05, 3.63) is 29.8 Å². The molecule has 17 heavy (non-hydrogen) atoms. The van der Waals surface area contributed by atoms with Gasteiger partial charge >= 0.3 is 0 Å². The van der Waals surface area contributed by atoms with Crippen LogP contribution < -0.4 is 0 Å². The van der Waals surface area contributed by atoms with Gasteiger partial charge in [-0.1, -0.05) is 17.7 Å². The molecule has 0 aliphatic rings. The molecular weight excluding hydrogens is 257 g/mol. The molecule has 0 saturated heterocycles. The Bertz CT molecular complexity index is 530. The lowest BCUT2D eigenvalue weighted by atomic mass is 10.2. The van der Waals surface area contributed by atoms with Crippen LogP contribution in [-0.2, 0) is 14.6 Å². The summed E-state index contributed by atoms with van der Waals surface area (Å²) >= 11 is 0. The molecular formula is C11H18NO3PS. The molecule has 6 heteroatoms. The highest BCUT2D eigenvalue weighted by atomic mass is 32.2. The third-order valence-electron chi connectivity index (χ3n) is 2.27. The molecule has 0 spiro atoms. The standard InChI is InChI=1S/C11H18NO3PS/c1-10-5-7-11(8-6-10)17(14,15)12(2)9-16(3,4)13/h5-8H,9H2,1-4H3. The minimum Gasteiger partial charge on any atom is -0.323 e. The molecule has 0 saturated carbocycles. The average molecular weight is 275 g/mol. The van der Waals surface area contributed by atoms with Crippen LogP contribution in [0.15, 0.2) is 29.2 Å². The summed E-state index contributed by atoms with van der Waals surface area (Å²) in [5, 5.41) is 0. The van der Waals surface area contributed by atoms with Gasteiger partial charge in [0, 0.05) is 7.05 Å². The first-order valence-electron chi connectivity index (χ1n) is 5.20. The van der Waals surface area contributed by atoms with Crippen molar-refractivity contribution >= 4 is 17.2 Å². The van der Waals surface area contributed by atoms with Crippen molar-refractivity contribution in [2.75, 3.05) is 26.7 Å². The van der Waals surface area contributed by atoms with E-state index in [4.69, 9.17) is 0 Å². The van der Waals surface area contributed by atoms with E-state index in [1.807, 2.05) is 6.92 Å². The fourth-order valence-corrected chi connectivity index (χ4v) is 4.69. The molecule has 0 amide bonds. The zero-order valence-electron chi connectivity index (χ0n) is 10.5. The number of aryl methyl sites for hydroxylation is 1. The summed E-state index contributed by atoms with van der Waals surface area (Å²) < 4.78 is 37.1. The Kier molecular flexibility index (Phi) is 4.18. The SMILES string of the molecule is Cc1ccc(S(=O)(=O)N(C)CP(C)(C)=O)cc1. The molecule has 96 valence electrons. The van der Waals surface area contributed by atoms with Gasteiger partial charge in [0.05, 0.1) is 18.3 Å². The van der Waals surface area contributed by atoms with Gasteiger partial charge in [-0.15, -0.1) is 0 Å². The summed E-state index contributed by atoms with van der Waals surface area (Å²) in [5.41, 5.74) is 1.00. The molecule has 0 aromatic heterocycles. The molecule has 1 aromatic carbocycles. The van der Waals surface area contributed by atoms with Gasteiger partial charge in [-0.25, -0.2) is 8.42 Å². The lowest BCUT2D eigenvalue weighted by Gasteiger charge is -2.19. The van der Waals surface area contributed by atoms with Crippen molar-refractivity contribution in [3.8, 4) is 0 Å². The van der Waals surface area contributed by atoms with Gasteiger partial charge in [-0.05, 0) is 32.4 Å². The molecule has 4 nitrogen and oxygen atoms in total. The van der Waals surface area contributed by atoms with Gasteiger partial charge < -0.3 is 4.57 Å². The van der Waals surface area contributed by atoms with Gasteiger partial charge in [-0.2, -0.15) is 4.31 Å². The van der Waals surface area contributed by atoms with Crippen LogP contribution in [0.25, 0.3) is 0 Å². The molecule has 0 heterocycles. The van der Waals surface area contributed by atoms with E-state index >= 15 is 0 Å². The number of hydrogen-bond acceptors (Lipinski definition) is 3. The van der Waals surface area contributed by atoms with Gasteiger partial charge in [-0.3, -0.25) is 0 Å². The molecule has 0 aliphatic carbocycles. The van der Waals surface area contributed by atoms with Crippen LogP contribution in [0.1, 0.15) is 5.56 Å². The van der Waals surface area contributed by atoms with E-state index in [9.17, 15) is 13.0 Å². The van der Waals surface area contributed by atoms with Crippen molar-refractivity contribution in [1.29, 1.82) is 0 Å². The Labute approximate surface area is 103 Å². The molecule has 1 rings (SSSR count). The van der Waals surface area contributed by atoms with Crippen molar-refractivity contribution in [1.82, 2.24) is 4.31 Å². The number of sulfonamides is 1. The van der Waals surface area contributed by atoms with Crippen molar-refractivity contribution < 1.29 is 13.0 Å². The zero-order valence-corrected chi connectivity index (χ0v) is 12.3. The first-order valence-corrected chi connectivity index (χ1v) is 9.42. The van der Waals surface area contributed by atoms with E-state index in [2.05, 4.69) is 0 Å². The second-order valence-electron chi connectivity index (χ2n) is 4.63. The molecule has 0 radical (unpaired) electrons. The van der Waals surface area contributed by atoms with E-state index in [1.165, 1.54) is 7.05 Å². The largest absolute Gasteiger partial charge is 0.323 e. The predicted octanol–water partition coefficient (Wildman–Crippen LogP) is 2.20. The molecule has 0 fully saturated rings. The van der Waals surface area contributed by atoms with Crippen molar-refractivity contribution in [2.24, 2.45) is 0 Å². The Hall–Kier alpha value is -0.640. The third-order valence-corrected chi connectivity index (χ3v) is 5.38. The van der Waals surface area contributed by atoms with Crippen molar-refractivity contribution in [2.45, 2.75) is 11.8 Å². The lowest BCUT2D eigenvalue weighted by molar-refractivity contribution is 0.499. The van der Waals surface area contributed by atoms with E-state index in [1.54, 1.807) is 37.6 Å². The normalized spacial score (nSPS) is 13.0. The number of hydrogen-bond donors (Lipinski definition) is 0. The molecule has 0 atom stereocenters. The monoisotopic (exact) mass is 275 g/mol. The zero-order chi connectivity index (χ0) is 13.3. The topological polar surface area (TPSA) is 54.5 Å². The maximum atomic E-state index is 12.1. The van der Waals surface area contributed by atoms with Crippen molar-refractivity contribution in [3.63, 3.8) is 0 Å². The fraction of sp³-hybridized carbons (Fsp3) is 0.455. The van der Waals surface area contributed by atoms with Gasteiger partial charge in [0.2, 0.25) is 10.0 Å².